The van der Waals surface area contributed by atoms with Gasteiger partial charge < -0.3 is 10.1 Å². The highest BCUT2D eigenvalue weighted by Gasteiger charge is 2.19. The van der Waals surface area contributed by atoms with Gasteiger partial charge in [-0.3, -0.25) is 4.79 Å². The first-order valence-corrected chi connectivity index (χ1v) is 16.5. The van der Waals surface area contributed by atoms with Crippen molar-refractivity contribution in [2.24, 2.45) is 0 Å². The van der Waals surface area contributed by atoms with Crippen molar-refractivity contribution < 1.29 is 9.53 Å². The lowest BCUT2D eigenvalue weighted by Gasteiger charge is -2.22. The lowest BCUT2D eigenvalue weighted by Crippen LogP contribution is -2.18. The number of hydrogen-bond donors (Lipinski definition) is 1. The van der Waals surface area contributed by atoms with E-state index in [-0.39, 0.29) is 5.91 Å². The number of tetrazole rings is 1. The number of halogens is 2. The molecule has 1 amide bonds. The van der Waals surface area contributed by atoms with Crippen LogP contribution in [0.4, 0.5) is 5.69 Å². The van der Waals surface area contributed by atoms with Crippen LogP contribution in [0.2, 0.25) is 0 Å². The summed E-state index contributed by atoms with van der Waals surface area (Å²) in [5.41, 5.74) is 2.06. The summed E-state index contributed by atoms with van der Waals surface area (Å²) in [6.45, 7) is 0.677. The van der Waals surface area contributed by atoms with E-state index in [0.717, 1.165) is 48.5 Å². The molecule has 2 aliphatic rings. The molecule has 0 bridgehead atoms. The zero-order chi connectivity index (χ0) is 20.5. The molecule has 1 N–H and O–H groups in total. The Morgan fingerprint density at radius 2 is 1.97 bits per heavy atom. The number of aryl methyl sites for hydroxylation is 2. The molecule has 4 rings (SSSR count). The monoisotopic (exact) mass is 623 g/mol. The first-order chi connectivity index (χ1) is 14.3. The first-order valence-electron chi connectivity index (χ1n) is 10.3. The maximum Gasteiger partial charge on any atom is 0.224 e. The summed E-state index contributed by atoms with van der Waals surface area (Å²) in [7, 11) is 0. The van der Waals surface area contributed by atoms with Crippen LogP contribution in [0, 0.1) is 0 Å². The molecule has 0 unspecified atom stereocenters. The second-order valence-corrected chi connectivity index (χ2v) is 7.50. The fraction of sp³-hybridized carbons (Fsp3) is 0.600. The predicted molar refractivity (Wildman–Crippen MR) is 130 cm³/mol. The molecule has 1 aromatic heterocycles. The van der Waals surface area contributed by atoms with Gasteiger partial charge in [-0.1, -0.05) is 19.3 Å². The molecule has 2 heterocycles. The van der Waals surface area contributed by atoms with Crippen molar-refractivity contribution in [2.75, 3.05) is 11.9 Å². The number of anilines is 1. The van der Waals surface area contributed by atoms with Gasteiger partial charge in [-0.25, -0.2) is 4.68 Å². The molecule has 0 saturated heterocycles. The molecule has 0 spiro atoms. The fourth-order valence-corrected chi connectivity index (χ4v) is 4.01. The minimum Gasteiger partial charge on any atom is -0.494 e. The van der Waals surface area contributed by atoms with Crippen LogP contribution in [0.5, 0.6) is 5.75 Å². The van der Waals surface area contributed by atoms with Gasteiger partial charge in [0.2, 0.25) is 5.91 Å². The molecule has 0 radical (unpaired) electrons. The van der Waals surface area contributed by atoms with Gasteiger partial charge in [0.05, 0.1) is 12.6 Å². The van der Waals surface area contributed by atoms with Crippen LogP contribution in [-0.4, -0.2) is 32.7 Å². The van der Waals surface area contributed by atoms with Crippen molar-refractivity contribution in [3.05, 3.63) is 29.6 Å². The number of rotatable bonds is 7. The molecule has 1 aromatic carbocycles. The second kappa shape index (κ2) is 12.0. The maximum absolute atomic E-state index is 11.4. The minimum atomic E-state index is 0.0896. The predicted octanol–water partition coefficient (Wildman–Crippen LogP) is 5.24. The summed E-state index contributed by atoms with van der Waals surface area (Å²) in [5.74, 6) is 1.97. The highest BCUT2D eigenvalue weighted by Crippen LogP contribution is 2.28. The first kappa shape index (κ1) is 22.7. The van der Waals surface area contributed by atoms with Gasteiger partial charge in [-0.15, -0.1) is 5.10 Å². The Bertz CT molecular complexity index is 793. The number of carbonyl (C=O) groups is 1. The molecule has 1 aliphatic heterocycles. The molecule has 158 valence electrons. The van der Waals surface area contributed by atoms with E-state index in [1.165, 1.54) is 32.1 Å². The van der Waals surface area contributed by atoms with E-state index in [0.29, 0.717) is 19.1 Å². The molecule has 29 heavy (non-hydrogen) atoms. The Morgan fingerprint density at radius 1 is 1.14 bits per heavy atom. The van der Waals surface area contributed by atoms with E-state index >= 15 is 0 Å². The van der Waals surface area contributed by atoms with Crippen molar-refractivity contribution in [1.82, 2.24) is 20.2 Å². The largest absolute Gasteiger partial charge is 0.494 e. The van der Waals surface area contributed by atoms with Gasteiger partial charge >= 0.3 is 0 Å². The van der Waals surface area contributed by atoms with Crippen LogP contribution in [0.1, 0.15) is 68.8 Å². The zero-order valence-electron chi connectivity index (χ0n) is 16.4. The Labute approximate surface area is 195 Å². The van der Waals surface area contributed by atoms with Crippen LogP contribution >= 0.6 is 37.2 Å². The number of hydrogen-bond acceptors (Lipinski definition) is 5. The van der Waals surface area contributed by atoms with E-state index < -0.39 is 0 Å². The quantitative estimate of drug-likeness (QED) is 0.338. The number of amides is 1. The fourth-order valence-electron chi connectivity index (χ4n) is 4.01. The standard InChI is InChI=1S/C20H27N5O2.I2/c26-20-12-9-15-14-17(10-11-18(15)21-20)27-13-5-4-8-19-22-23-24-25(19)16-6-2-1-3-7-16;1-2/h10-11,14,16H,1-9,12-13H2,(H,21,26);. The normalized spacial score (nSPS) is 16.4. The number of unbranched alkanes of at least 4 members (excludes halogenated alkanes) is 1. The molecule has 0 atom stereocenters. The van der Waals surface area contributed by atoms with Crippen molar-refractivity contribution >= 4 is 48.8 Å². The van der Waals surface area contributed by atoms with Crippen LogP contribution in [0.15, 0.2) is 18.2 Å². The van der Waals surface area contributed by atoms with Crippen LogP contribution < -0.4 is 10.1 Å². The summed E-state index contributed by atoms with van der Waals surface area (Å²) in [6.07, 6.45) is 10.5. The van der Waals surface area contributed by atoms with E-state index in [1.54, 1.807) is 0 Å². The summed E-state index contributed by atoms with van der Waals surface area (Å²) >= 11 is 4.24. The van der Waals surface area contributed by atoms with Gasteiger partial charge in [0, 0.05) is 55.8 Å². The molecule has 1 aliphatic carbocycles. The smallest absolute Gasteiger partial charge is 0.224 e. The molecule has 1 saturated carbocycles. The van der Waals surface area contributed by atoms with E-state index in [4.69, 9.17) is 4.74 Å². The van der Waals surface area contributed by atoms with E-state index in [9.17, 15) is 4.79 Å². The van der Waals surface area contributed by atoms with E-state index in [2.05, 4.69) is 62.8 Å². The van der Waals surface area contributed by atoms with Crippen molar-refractivity contribution in [3.63, 3.8) is 0 Å². The van der Waals surface area contributed by atoms with Gasteiger partial charge in [0.25, 0.3) is 0 Å². The minimum absolute atomic E-state index is 0.0896. The van der Waals surface area contributed by atoms with Gasteiger partial charge in [0.1, 0.15) is 5.75 Å². The number of benzene rings is 1. The number of nitrogens with one attached hydrogen (secondary N) is 1. The number of carbonyl (C=O) groups excluding carboxylic acids is 1. The van der Waals surface area contributed by atoms with Crippen LogP contribution in [0.3, 0.4) is 0 Å². The summed E-state index contributed by atoms with van der Waals surface area (Å²) in [6, 6.07) is 6.38. The molecular weight excluding hydrogens is 596 g/mol. The summed E-state index contributed by atoms with van der Waals surface area (Å²) in [5, 5.41) is 15.2. The van der Waals surface area contributed by atoms with Crippen molar-refractivity contribution in [1.29, 1.82) is 0 Å². The second-order valence-electron chi connectivity index (χ2n) is 7.50. The summed E-state index contributed by atoms with van der Waals surface area (Å²) in [4.78, 5) is 11.4. The maximum atomic E-state index is 11.4. The molecule has 7 nitrogen and oxygen atoms in total. The Balaban J connectivity index is 0.00000117. The number of aromatic nitrogens is 4. The third kappa shape index (κ3) is 6.50. The Morgan fingerprint density at radius 3 is 2.79 bits per heavy atom. The molecule has 9 heteroatoms. The Hall–Kier alpha value is -0.980. The topological polar surface area (TPSA) is 81.9 Å². The average molecular weight is 623 g/mol. The van der Waals surface area contributed by atoms with Gasteiger partial charge in [0.15, 0.2) is 5.82 Å². The van der Waals surface area contributed by atoms with Crippen molar-refractivity contribution in [2.45, 2.75) is 70.3 Å². The van der Waals surface area contributed by atoms with Crippen LogP contribution in [0.25, 0.3) is 0 Å². The third-order valence-corrected chi connectivity index (χ3v) is 5.52. The van der Waals surface area contributed by atoms with Crippen molar-refractivity contribution in [3.8, 4) is 5.75 Å². The third-order valence-electron chi connectivity index (χ3n) is 5.52. The van der Waals surface area contributed by atoms with Gasteiger partial charge in [-0.2, -0.15) is 0 Å². The number of nitrogens with zero attached hydrogens (tertiary/aromatic N) is 4. The molecular formula is C20H27I2N5O2. The Kier molecular flexibility index (Phi) is 9.40. The number of ether oxygens (including phenoxy) is 1. The molecule has 2 aromatic rings. The molecule has 1 fully saturated rings. The highest BCUT2D eigenvalue weighted by atomic mass is 128. The van der Waals surface area contributed by atoms with Gasteiger partial charge in [-0.05, 0) is 66.3 Å². The summed E-state index contributed by atoms with van der Waals surface area (Å²) < 4.78 is 7.95. The lowest BCUT2D eigenvalue weighted by atomic mass is 9.95. The zero-order valence-corrected chi connectivity index (χ0v) is 20.8. The average Bonchev–Trinajstić information content (AvgIpc) is 3.24. The van der Waals surface area contributed by atoms with Crippen LogP contribution in [-0.2, 0) is 17.6 Å². The number of fused-ring (bicyclic) bond motifs is 1. The lowest BCUT2D eigenvalue weighted by molar-refractivity contribution is -0.116. The SMILES string of the molecule is II.O=C1CCc2cc(OCCCCc3nnnn3C3CCCCC3)ccc2N1. The highest BCUT2D eigenvalue weighted by molar-refractivity contribution is 15.0. The van der Waals surface area contributed by atoms with E-state index in [1.807, 2.05) is 18.2 Å².